The first-order valence-corrected chi connectivity index (χ1v) is 12.9. The van der Waals surface area contributed by atoms with Crippen LogP contribution in [-0.4, -0.2) is 31.1 Å². The minimum atomic E-state index is -0.826. The number of nitrogens with zero attached hydrogens (tertiary/aromatic N) is 1. The summed E-state index contributed by atoms with van der Waals surface area (Å²) in [5, 5.41) is 2.24. The highest BCUT2D eigenvalue weighted by Crippen LogP contribution is 2.35. The SMILES string of the molecule is C=CCOc1c(I)cc(/C=C2\C(=O)NC(=O)N(c3ccc(OCc4ccccc4)cc3)C2=O)cc1OCC. The van der Waals surface area contributed by atoms with Crippen LogP contribution in [0.15, 0.2) is 85.0 Å². The maximum atomic E-state index is 13.3. The van der Waals surface area contributed by atoms with E-state index in [9.17, 15) is 14.4 Å². The van der Waals surface area contributed by atoms with Gasteiger partial charge in [0.05, 0.1) is 15.9 Å². The van der Waals surface area contributed by atoms with E-state index in [0.29, 0.717) is 48.3 Å². The second kappa shape index (κ2) is 12.4. The van der Waals surface area contributed by atoms with Crippen molar-refractivity contribution < 1.29 is 28.6 Å². The van der Waals surface area contributed by atoms with Crippen LogP contribution >= 0.6 is 22.6 Å². The maximum absolute atomic E-state index is 13.3. The van der Waals surface area contributed by atoms with Crippen LogP contribution in [0, 0.1) is 3.57 Å². The first kappa shape index (κ1) is 26.9. The van der Waals surface area contributed by atoms with E-state index in [2.05, 4.69) is 34.5 Å². The van der Waals surface area contributed by atoms with Crippen LogP contribution in [0.3, 0.4) is 0 Å². The standard InChI is InChI=1S/C29H25IN2O6/c1-3-14-37-26-24(30)16-20(17-25(26)36-4-2)15-23-27(33)31-29(35)32(28(23)34)21-10-12-22(13-11-21)38-18-19-8-6-5-7-9-19/h3,5-13,15-17H,1,4,14,18H2,2H3,(H,31,33,35)/b23-15+. The molecule has 0 bridgehead atoms. The first-order valence-electron chi connectivity index (χ1n) is 11.8. The zero-order valence-electron chi connectivity index (χ0n) is 20.6. The Morgan fingerprint density at radius 2 is 1.71 bits per heavy atom. The molecule has 3 aromatic carbocycles. The quantitative estimate of drug-likeness (QED) is 0.139. The summed E-state index contributed by atoms with van der Waals surface area (Å²) >= 11 is 2.10. The molecule has 1 aliphatic rings. The third kappa shape index (κ3) is 6.23. The van der Waals surface area contributed by atoms with Crippen molar-refractivity contribution in [2.45, 2.75) is 13.5 Å². The maximum Gasteiger partial charge on any atom is 0.335 e. The summed E-state index contributed by atoms with van der Waals surface area (Å²) in [6.45, 7) is 6.57. The lowest BCUT2D eigenvalue weighted by Gasteiger charge is -2.26. The lowest BCUT2D eigenvalue weighted by atomic mass is 10.1. The Morgan fingerprint density at radius 3 is 2.39 bits per heavy atom. The van der Waals surface area contributed by atoms with E-state index in [-0.39, 0.29) is 5.57 Å². The third-order valence-corrected chi connectivity index (χ3v) is 6.23. The molecule has 0 radical (unpaired) electrons. The van der Waals surface area contributed by atoms with Crippen molar-refractivity contribution >= 4 is 52.2 Å². The van der Waals surface area contributed by atoms with Crippen molar-refractivity contribution in [3.05, 3.63) is 99.7 Å². The van der Waals surface area contributed by atoms with E-state index in [1.807, 2.05) is 37.3 Å². The molecular weight excluding hydrogens is 599 g/mol. The third-order valence-electron chi connectivity index (χ3n) is 5.43. The molecule has 38 heavy (non-hydrogen) atoms. The van der Waals surface area contributed by atoms with Gasteiger partial charge in [0.15, 0.2) is 11.5 Å². The van der Waals surface area contributed by atoms with E-state index < -0.39 is 17.8 Å². The topological polar surface area (TPSA) is 94.2 Å². The van der Waals surface area contributed by atoms with Gasteiger partial charge in [0.1, 0.15) is 24.5 Å². The average Bonchev–Trinajstić information content (AvgIpc) is 2.91. The van der Waals surface area contributed by atoms with Crippen LogP contribution in [0.4, 0.5) is 10.5 Å². The van der Waals surface area contributed by atoms with Crippen LogP contribution < -0.4 is 24.4 Å². The zero-order valence-corrected chi connectivity index (χ0v) is 22.8. The molecule has 8 nitrogen and oxygen atoms in total. The van der Waals surface area contributed by atoms with Crippen molar-refractivity contribution in [3.63, 3.8) is 0 Å². The summed E-state index contributed by atoms with van der Waals surface area (Å²) in [5.74, 6) is 0.0675. The summed E-state index contributed by atoms with van der Waals surface area (Å²) in [5.41, 5.74) is 1.67. The number of ether oxygens (including phenoxy) is 3. The molecule has 1 fully saturated rings. The van der Waals surface area contributed by atoms with E-state index in [1.54, 1.807) is 42.5 Å². The van der Waals surface area contributed by atoms with Gasteiger partial charge in [-0.2, -0.15) is 0 Å². The van der Waals surface area contributed by atoms with Crippen LogP contribution in [-0.2, 0) is 16.2 Å². The molecule has 1 saturated heterocycles. The van der Waals surface area contributed by atoms with Crippen molar-refractivity contribution in [2.24, 2.45) is 0 Å². The fourth-order valence-electron chi connectivity index (χ4n) is 3.71. The van der Waals surface area contributed by atoms with Gasteiger partial charge in [0, 0.05) is 0 Å². The lowest BCUT2D eigenvalue weighted by Crippen LogP contribution is -2.54. The molecule has 0 saturated carbocycles. The molecule has 4 amide bonds. The zero-order chi connectivity index (χ0) is 27.1. The molecule has 194 valence electrons. The van der Waals surface area contributed by atoms with Gasteiger partial charge in [-0.05, 0) is 83.1 Å². The molecule has 0 spiro atoms. The Balaban J connectivity index is 1.58. The van der Waals surface area contributed by atoms with E-state index in [1.165, 1.54) is 6.08 Å². The number of barbiturate groups is 1. The number of anilines is 1. The van der Waals surface area contributed by atoms with Gasteiger partial charge in [-0.1, -0.05) is 43.0 Å². The molecule has 1 N–H and O–H groups in total. The van der Waals surface area contributed by atoms with Gasteiger partial charge < -0.3 is 14.2 Å². The molecule has 9 heteroatoms. The van der Waals surface area contributed by atoms with Gasteiger partial charge >= 0.3 is 6.03 Å². The highest BCUT2D eigenvalue weighted by atomic mass is 127. The smallest absolute Gasteiger partial charge is 0.335 e. The Labute approximate surface area is 234 Å². The van der Waals surface area contributed by atoms with Crippen LogP contribution in [0.1, 0.15) is 18.1 Å². The summed E-state index contributed by atoms with van der Waals surface area (Å²) in [7, 11) is 0. The highest BCUT2D eigenvalue weighted by Gasteiger charge is 2.37. The van der Waals surface area contributed by atoms with E-state index in [4.69, 9.17) is 14.2 Å². The van der Waals surface area contributed by atoms with Gasteiger partial charge in [0.25, 0.3) is 11.8 Å². The lowest BCUT2D eigenvalue weighted by molar-refractivity contribution is -0.122. The van der Waals surface area contributed by atoms with Gasteiger partial charge in [0.2, 0.25) is 0 Å². The minimum Gasteiger partial charge on any atom is -0.490 e. The predicted octanol–water partition coefficient (Wildman–Crippen LogP) is 5.50. The number of amides is 4. The number of halogens is 1. The molecule has 1 heterocycles. The number of rotatable bonds is 10. The van der Waals surface area contributed by atoms with Crippen molar-refractivity contribution in [3.8, 4) is 17.2 Å². The summed E-state index contributed by atoms with van der Waals surface area (Å²) in [6.07, 6.45) is 3.05. The van der Waals surface area contributed by atoms with Gasteiger partial charge in [-0.25, -0.2) is 9.69 Å². The summed E-state index contributed by atoms with van der Waals surface area (Å²) in [4.78, 5) is 39.5. The van der Waals surface area contributed by atoms with Crippen LogP contribution in [0.2, 0.25) is 0 Å². The van der Waals surface area contributed by atoms with Crippen molar-refractivity contribution in [1.82, 2.24) is 5.32 Å². The molecule has 0 atom stereocenters. The normalized spacial score (nSPS) is 14.3. The van der Waals surface area contributed by atoms with E-state index in [0.717, 1.165) is 14.0 Å². The molecule has 1 aliphatic heterocycles. The molecule has 0 unspecified atom stereocenters. The number of hydrogen-bond acceptors (Lipinski definition) is 6. The Kier molecular flexibility index (Phi) is 8.80. The summed E-state index contributed by atoms with van der Waals surface area (Å²) < 4.78 is 17.9. The summed E-state index contributed by atoms with van der Waals surface area (Å²) in [6, 6.07) is 18.8. The number of benzene rings is 3. The Bertz CT molecular complexity index is 1390. The Hall–Kier alpha value is -4.12. The van der Waals surface area contributed by atoms with Crippen molar-refractivity contribution in [2.75, 3.05) is 18.1 Å². The first-order chi connectivity index (χ1) is 18.4. The number of hydrogen-bond donors (Lipinski definition) is 1. The number of imide groups is 2. The number of urea groups is 1. The number of carbonyl (C=O) groups is 3. The molecule has 4 rings (SSSR count). The fraction of sp³-hybridized carbons (Fsp3) is 0.138. The second-order valence-corrected chi connectivity index (χ2v) is 9.25. The van der Waals surface area contributed by atoms with Crippen LogP contribution in [0.5, 0.6) is 17.2 Å². The Morgan fingerprint density at radius 1 is 0.974 bits per heavy atom. The molecular formula is C29H25IN2O6. The monoisotopic (exact) mass is 624 g/mol. The van der Waals surface area contributed by atoms with Crippen LogP contribution in [0.25, 0.3) is 6.08 Å². The molecule has 0 aromatic heterocycles. The van der Waals surface area contributed by atoms with E-state index >= 15 is 0 Å². The molecule has 3 aromatic rings. The van der Waals surface area contributed by atoms with Crippen molar-refractivity contribution in [1.29, 1.82) is 0 Å². The fourth-order valence-corrected chi connectivity index (χ4v) is 4.49. The minimum absolute atomic E-state index is 0.188. The second-order valence-electron chi connectivity index (χ2n) is 8.09. The number of nitrogens with one attached hydrogen (secondary N) is 1. The van der Waals surface area contributed by atoms with Gasteiger partial charge in [-0.3, -0.25) is 14.9 Å². The molecule has 0 aliphatic carbocycles. The largest absolute Gasteiger partial charge is 0.490 e. The van der Waals surface area contributed by atoms with Gasteiger partial charge in [-0.15, -0.1) is 0 Å². The predicted molar refractivity (Wildman–Crippen MR) is 152 cm³/mol. The highest BCUT2D eigenvalue weighted by molar-refractivity contribution is 14.1. The number of carbonyl (C=O) groups excluding carboxylic acids is 3. The average molecular weight is 624 g/mol.